The van der Waals surface area contributed by atoms with E-state index in [9.17, 15) is 18.4 Å². The van der Waals surface area contributed by atoms with Gasteiger partial charge in [0.25, 0.3) is 5.91 Å². The summed E-state index contributed by atoms with van der Waals surface area (Å²) >= 11 is 0. The summed E-state index contributed by atoms with van der Waals surface area (Å²) in [6.45, 7) is 1.46. The molecule has 0 N–H and O–H groups in total. The van der Waals surface area contributed by atoms with Crippen molar-refractivity contribution < 1.29 is 23.1 Å². The van der Waals surface area contributed by atoms with E-state index in [1.54, 1.807) is 23.1 Å². The van der Waals surface area contributed by atoms with E-state index >= 15 is 0 Å². The molecule has 0 aliphatic carbocycles. The van der Waals surface area contributed by atoms with Crippen LogP contribution in [0.5, 0.6) is 5.75 Å². The Morgan fingerprint density at radius 2 is 1.75 bits per heavy atom. The van der Waals surface area contributed by atoms with E-state index in [2.05, 4.69) is 0 Å². The predicted molar refractivity (Wildman–Crippen MR) is 99.4 cm³/mol. The van der Waals surface area contributed by atoms with E-state index in [0.717, 1.165) is 0 Å². The molecule has 2 amide bonds. The second-order valence-corrected chi connectivity index (χ2v) is 6.70. The van der Waals surface area contributed by atoms with Gasteiger partial charge in [0.1, 0.15) is 23.9 Å². The Morgan fingerprint density at radius 3 is 2.50 bits per heavy atom. The molecule has 0 unspecified atom stereocenters. The molecule has 2 heterocycles. The first-order valence-corrected chi connectivity index (χ1v) is 9.03. The fourth-order valence-electron chi connectivity index (χ4n) is 3.49. The van der Waals surface area contributed by atoms with Gasteiger partial charge in [0, 0.05) is 32.2 Å². The molecule has 8 heteroatoms. The van der Waals surface area contributed by atoms with Crippen LogP contribution in [0, 0.1) is 11.6 Å². The molecule has 0 bridgehead atoms. The van der Waals surface area contributed by atoms with Crippen molar-refractivity contribution in [2.24, 2.45) is 0 Å². The van der Waals surface area contributed by atoms with E-state index in [1.807, 2.05) is 4.90 Å². The normalized spacial score (nSPS) is 16.6. The quantitative estimate of drug-likeness (QED) is 0.809. The van der Waals surface area contributed by atoms with Crippen LogP contribution < -0.4 is 14.5 Å². The van der Waals surface area contributed by atoms with E-state index in [-0.39, 0.29) is 30.6 Å². The number of rotatable bonds is 3. The third-order valence-electron chi connectivity index (χ3n) is 4.98. The van der Waals surface area contributed by atoms with Gasteiger partial charge in [-0.1, -0.05) is 12.1 Å². The standard InChI is InChI=1S/C20H19F2N3O3/c21-14-5-6-18-17(11-14)25(20(27)13-28-18)12-19(26)24-9-7-23(8-10-24)16-4-2-1-3-15(16)22/h1-6,11H,7-10,12-13H2. The van der Waals surface area contributed by atoms with Crippen LogP contribution in [0.1, 0.15) is 0 Å². The van der Waals surface area contributed by atoms with Crippen LogP contribution in [0.4, 0.5) is 20.2 Å². The average molecular weight is 387 g/mol. The maximum atomic E-state index is 13.9. The monoisotopic (exact) mass is 387 g/mol. The fraction of sp³-hybridized carbons (Fsp3) is 0.300. The summed E-state index contributed by atoms with van der Waals surface area (Å²) in [7, 11) is 0. The number of benzene rings is 2. The summed E-state index contributed by atoms with van der Waals surface area (Å²) in [5, 5.41) is 0. The molecule has 2 aromatic rings. The number of carbonyl (C=O) groups is 2. The average Bonchev–Trinajstić information content (AvgIpc) is 2.71. The van der Waals surface area contributed by atoms with Crippen LogP contribution in [0.15, 0.2) is 42.5 Å². The lowest BCUT2D eigenvalue weighted by molar-refractivity contribution is -0.132. The van der Waals surface area contributed by atoms with Gasteiger partial charge in [0.15, 0.2) is 6.61 Å². The highest BCUT2D eigenvalue weighted by Gasteiger charge is 2.30. The number of hydrogen-bond donors (Lipinski definition) is 0. The number of anilines is 2. The van der Waals surface area contributed by atoms with Crippen molar-refractivity contribution in [1.82, 2.24) is 4.90 Å². The fourth-order valence-corrected chi connectivity index (χ4v) is 3.49. The van der Waals surface area contributed by atoms with Gasteiger partial charge in [-0.2, -0.15) is 0 Å². The SMILES string of the molecule is O=C(CN1C(=O)COc2ccc(F)cc21)N1CCN(c2ccccc2F)CC1. The van der Waals surface area contributed by atoms with Crippen molar-refractivity contribution in [3.05, 3.63) is 54.1 Å². The number of halogens is 2. The summed E-state index contributed by atoms with van der Waals surface area (Å²) in [6.07, 6.45) is 0. The number of hydrogen-bond acceptors (Lipinski definition) is 4. The Hall–Kier alpha value is -3.16. The molecule has 0 aromatic heterocycles. The number of piperazine rings is 1. The highest BCUT2D eigenvalue weighted by molar-refractivity contribution is 6.02. The molecule has 0 atom stereocenters. The van der Waals surface area contributed by atoms with Crippen molar-refractivity contribution in [3.8, 4) is 5.75 Å². The molecule has 0 radical (unpaired) electrons. The summed E-state index contributed by atoms with van der Waals surface area (Å²) in [5.74, 6) is -1.05. The van der Waals surface area contributed by atoms with E-state index < -0.39 is 11.7 Å². The molecule has 4 rings (SSSR count). The third kappa shape index (κ3) is 3.49. The molecule has 0 spiro atoms. The highest BCUT2D eigenvalue weighted by Crippen LogP contribution is 2.32. The van der Waals surface area contributed by atoms with Crippen LogP contribution in [0.2, 0.25) is 0 Å². The number of ether oxygens (including phenoxy) is 1. The van der Waals surface area contributed by atoms with Crippen LogP contribution in [0.25, 0.3) is 0 Å². The largest absolute Gasteiger partial charge is 0.482 e. The second-order valence-electron chi connectivity index (χ2n) is 6.70. The van der Waals surface area contributed by atoms with Crippen molar-refractivity contribution in [2.45, 2.75) is 0 Å². The summed E-state index contributed by atoms with van der Waals surface area (Å²) in [4.78, 5) is 29.7. The topological polar surface area (TPSA) is 53.1 Å². The molecule has 2 aromatic carbocycles. The number of fused-ring (bicyclic) bond motifs is 1. The van der Waals surface area contributed by atoms with Gasteiger partial charge >= 0.3 is 0 Å². The van der Waals surface area contributed by atoms with E-state index in [4.69, 9.17) is 4.74 Å². The third-order valence-corrected chi connectivity index (χ3v) is 4.98. The zero-order valence-electron chi connectivity index (χ0n) is 15.1. The molecular formula is C20H19F2N3O3. The van der Waals surface area contributed by atoms with Crippen LogP contribution >= 0.6 is 0 Å². The first-order chi connectivity index (χ1) is 13.5. The smallest absolute Gasteiger partial charge is 0.265 e. The van der Waals surface area contributed by atoms with Crippen molar-refractivity contribution >= 4 is 23.2 Å². The maximum Gasteiger partial charge on any atom is 0.265 e. The maximum absolute atomic E-state index is 13.9. The lowest BCUT2D eigenvalue weighted by Crippen LogP contribution is -2.53. The molecule has 1 fully saturated rings. The van der Waals surface area contributed by atoms with Crippen LogP contribution in [-0.4, -0.2) is 56.0 Å². The lowest BCUT2D eigenvalue weighted by atomic mass is 10.2. The van der Waals surface area contributed by atoms with Gasteiger partial charge in [-0.3, -0.25) is 14.5 Å². The number of amides is 2. The Labute approximate surface area is 160 Å². The molecule has 28 heavy (non-hydrogen) atoms. The molecule has 2 aliphatic heterocycles. The minimum Gasteiger partial charge on any atom is -0.482 e. The van der Waals surface area contributed by atoms with Crippen molar-refractivity contribution in [2.75, 3.05) is 49.1 Å². The zero-order chi connectivity index (χ0) is 19.7. The van der Waals surface area contributed by atoms with Gasteiger partial charge in [0.2, 0.25) is 5.91 Å². The lowest BCUT2D eigenvalue weighted by Gasteiger charge is -2.37. The predicted octanol–water partition coefficient (Wildman–Crippen LogP) is 2.04. The highest BCUT2D eigenvalue weighted by atomic mass is 19.1. The minimum absolute atomic E-state index is 0.182. The summed E-state index contributed by atoms with van der Waals surface area (Å²) in [6, 6.07) is 10.4. The van der Waals surface area contributed by atoms with Crippen molar-refractivity contribution in [1.29, 1.82) is 0 Å². The summed E-state index contributed by atoms with van der Waals surface area (Å²) < 4.78 is 32.8. The Balaban J connectivity index is 1.42. The number of carbonyl (C=O) groups excluding carboxylic acids is 2. The van der Waals surface area contributed by atoms with Crippen molar-refractivity contribution in [3.63, 3.8) is 0 Å². The van der Waals surface area contributed by atoms with Crippen LogP contribution in [0.3, 0.4) is 0 Å². The number of para-hydroxylation sites is 1. The Morgan fingerprint density at radius 1 is 1.00 bits per heavy atom. The van der Waals surface area contributed by atoms with Gasteiger partial charge in [0.05, 0.1) is 11.4 Å². The molecule has 6 nitrogen and oxygen atoms in total. The Bertz CT molecular complexity index is 913. The minimum atomic E-state index is -0.506. The summed E-state index contributed by atoms with van der Waals surface area (Å²) in [5.41, 5.74) is 0.775. The van der Waals surface area contributed by atoms with Gasteiger partial charge in [-0.15, -0.1) is 0 Å². The van der Waals surface area contributed by atoms with E-state index in [1.165, 1.54) is 29.2 Å². The van der Waals surface area contributed by atoms with E-state index in [0.29, 0.717) is 37.6 Å². The second kappa shape index (κ2) is 7.46. The molecule has 146 valence electrons. The molecule has 0 saturated carbocycles. The molecule has 1 saturated heterocycles. The molecular weight excluding hydrogens is 368 g/mol. The zero-order valence-corrected chi connectivity index (χ0v) is 15.1. The first kappa shape index (κ1) is 18.2. The molecule has 2 aliphatic rings. The number of nitrogens with zero attached hydrogens (tertiary/aromatic N) is 3. The van der Waals surface area contributed by atoms with Crippen LogP contribution in [-0.2, 0) is 9.59 Å². The Kier molecular flexibility index (Phi) is 4.85. The van der Waals surface area contributed by atoms with Gasteiger partial charge in [-0.25, -0.2) is 8.78 Å². The van der Waals surface area contributed by atoms with Gasteiger partial charge in [-0.05, 0) is 24.3 Å². The first-order valence-electron chi connectivity index (χ1n) is 9.03. The van der Waals surface area contributed by atoms with Gasteiger partial charge < -0.3 is 14.5 Å².